The van der Waals surface area contributed by atoms with Gasteiger partial charge in [-0.15, -0.1) is 12.4 Å². The third-order valence-corrected chi connectivity index (χ3v) is 4.15. The van der Waals surface area contributed by atoms with E-state index in [2.05, 4.69) is 20.4 Å². The van der Waals surface area contributed by atoms with E-state index in [0.717, 1.165) is 11.4 Å². The van der Waals surface area contributed by atoms with Crippen LogP contribution in [0.3, 0.4) is 0 Å². The van der Waals surface area contributed by atoms with Gasteiger partial charge in [0.15, 0.2) is 27.9 Å². The van der Waals surface area contributed by atoms with Crippen LogP contribution in [0.2, 0.25) is 0 Å². The predicted molar refractivity (Wildman–Crippen MR) is 97.4 cm³/mol. The number of H-pyrrole nitrogens is 2. The Morgan fingerprint density at radius 2 is 1.92 bits per heavy atom. The number of aromatic nitrogens is 5. The molecule has 4 heterocycles. The zero-order chi connectivity index (χ0) is 16.8. The molecule has 1 aliphatic rings. The average Bonchev–Trinajstić information content (AvgIpc) is 3.39. The fraction of sp³-hybridized carbons (Fsp3) is 0.0625. The largest absolute Gasteiger partial charge is 0.463 e. The van der Waals surface area contributed by atoms with Crippen molar-refractivity contribution in [2.24, 2.45) is 0 Å². The molecule has 3 aromatic heterocycles. The Bertz CT molecular complexity index is 1120. The van der Waals surface area contributed by atoms with Gasteiger partial charge in [-0.1, -0.05) is 0 Å². The van der Waals surface area contributed by atoms with Gasteiger partial charge in [-0.25, -0.2) is 0 Å². The highest BCUT2D eigenvalue weighted by molar-refractivity contribution is 7.71. The van der Waals surface area contributed by atoms with Crippen LogP contribution in [-0.4, -0.2) is 31.8 Å². The van der Waals surface area contributed by atoms with Crippen LogP contribution in [0.25, 0.3) is 28.7 Å². The number of halogens is 1. The molecule has 4 aromatic rings. The molecule has 1 aromatic carbocycles. The lowest BCUT2D eigenvalue weighted by Gasteiger charge is -2.06. The maximum absolute atomic E-state index is 5.44. The summed E-state index contributed by atoms with van der Waals surface area (Å²) < 4.78 is 18.4. The number of nitrogens with zero attached hydrogens (tertiary/aromatic N) is 3. The molecule has 5 rings (SSSR count). The third-order valence-electron chi connectivity index (χ3n) is 3.88. The van der Waals surface area contributed by atoms with Crippen molar-refractivity contribution in [2.75, 3.05) is 6.79 Å². The molecule has 0 spiro atoms. The predicted octanol–water partition coefficient (Wildman–Crippen LogP) is 3.73. The highest BCUT2D eigenvalue weighted by Gasteiger charge is 2.19. The third kappa shape index (κ3) is 2.57. The number of hydrogen-bond donors (Lipinski definition) is 2. The molecule has 0 amide bonds. The van der Waals surface area contributed by atoms with E-state index >= 15 is 0 Å². The number of benzene rings is 1. The molecule has 0 bridgehead atoms. The number of furan rings is 1. The number of nitrogens with one attached hydrogen (secondary N) is 2. The molecular weight excluding hydrogens is 378 g/mol. The van der Waals surface area contributed by atoms with E-state index < -0.39 is 0 Å². The van der Waals surface area contributed by atoms with E-state index in [9.17, 15) is 0 Å². The number of rotatable bonds is 3. The molecule has 26 heavy (non-hydrogen) atoms. The smallest absolute Gasteiger partial charge is 0.231 e. The Kier molecular flexibility index (Phi) is 4.02. The van der Waals surface area contributed by atoms with E-state index in [1.807, 2.05) is 36.4 Å². The van der Waals surface area contributed by atoms with Crippen LogP contribution in [0.4, 0.5) is 0 Å². The van der Waals surface area contributed by atoms with Gasteiger partial charge in [0.05, 0.1) is 12.0 Å². The maximum Gasteiger partial charge on any atom is 0.231 e. The Labute approximate surface area is 158 Å². The van der Waals surface area contributed by atoms with Crippen molar-refractivity contribution in [1.29, 1.82) is 0 Å². The molecule has 2 N–H and O–H groups in total. The number of fused-ring (bicyclic) bond motifs is 1. The van der Waals surface area contributed by atoms with E-state index in [1.165, 1.54) is 0 Å². The van der Waals surface area contributed by atoms with Crippen molar-refractivity contribution in [3.8, 4) is 40.2 Å². The molecule has 132 valence electrons. The summed E-state index contributed by atoms with van der Waals surface area (Å²) in [6.07, 6.45) is 1.61. The first-order chi connectivity index (χ1) is 12.3. The Balaban J connectivity index is 0.00000168. The van der Waals surface area contributed by atoms with Gasteiger partial charge in [-0.3, -0.25) is 14.8 Å². The summed E-state index contributed by atoms with van der Waals surface area (Å²) in [7, 11) is 0. The van der Waals surface area contributed by atoms with E-state index in [4.69, 9.17) is 26.1 Å². The van der Waals surface area contributed by atoms with E-state index in [1.54, 1.807) is 10.8 Å². The van der Waals surface area contributed by atoms with Crippen LogP contribution in [-0.2, 0) is 0 Å². The molecular formula is C16H12ClN5O3S. The van der Waals surface area contributed by atoms with Crippen LogP contribution >= 0.6 is 24.6 Å². The summed E-state index contributed by atoms with van der Waals surface area (Å²) in [5, 5.41) is 14.4. The van der Waals surface area contributed by atoms with E-state index in [0.29, 0.717) is 33.5 Å². The second kappa shape index (κ2) is 6.36. The molecule has 8 nitrogen and oxygen atoms in total. The normalized spacial score (nSPS) is 12.2. The summed E-state index contributed by atoms with van der Waals surface area (Å²) in [4.78, 5) is 0. The first-order valence-corrected chi connectivity index (χ1v) is 7.87. The highest BCUT2D eigenvalue weighted by Crippen LogP contribution is 2.34. The van der Waals surface area contributed by atoms with Crippen LogP contribution < -0.4 is 9.47 Å². The zero-order valence-corrected chi connectivity index (χ0v) is 14.8. The quantitative estimate of drug-likeness (QED) is 0.518. The number of hydrogen-bond acceptors (Lipinski definition) is 6. The van der Waals surface area contributed by atoms with Crippen LogP contribution in [0, 0.1) is 4.77 Å². The van der Waals surface area contributed by atoms with Crippen molar-refractivity contribution in [3.05, 3.63) is 47.4 Å². The summed E-state index contributed by atoms with van der Waals surface area (Å²) in [6.45, 7) is 0.217. The van der Waals surface area contributed by atoms with Crippen molar-refractivity contribution in [1.82, 2.24) is 25.0 Å². The molecule has 0 radical (unpaired) electrons. The van der Waals surface area contributed by atoms with Gasteiger partial charge in [-0.05, 0) is 42.5 Å². The molecule has 0 fully saturated rings. The lowest BCUT2D eigenvalue weighted by atomic mass is 10.2. The second-order valence-electron chi connectivity index (χ2n) is 5.37. The summed E-state index contributed by atoms with van der Waals surface area (Å²) >= 11 is 5.39. The Morgan fingerprint density at radius 3 is 2.77 bits per heavy atom. The highest BCUT2D eigenvalue weighted by atomic mass is 35.5. The van der Waals surface area contributed by atoms with Gasteiger partial charge < -0.3 is 13.9 Å². The molecule has 0 saturated carbocycles. The molecule has 0 aliphatic carbocycles. The summed E-state index contributed by atoms with van der Waals surface area (Å²) in [6, 6.07) is 11.1. The topological polar surface area (TPSA) is 93.9 Å². The minimum Gasteiger partial charge on any atom is -0.463 e. The lowest BCUT2D eigenvalue weighted by Crippen LogP contribution is -1.98. The Hall–Kier alpha value is -3.04. The van der Waals surface area contributed by atoms with Gasteiger partial charge in [0.25, 0.3) is 0 Å². The average molecular weight is 390 g/mol. The van der Waals surface area contributed by atoms with E-state index in [-0.39, 0.29) is 19.2 Å². The fourth-order valence-electron chi connectivity index (χ4n) is 2.73. The van der Waals surface area contributed by atoms with Gasteiger partial charge in [0.1, 0.15) is 11.4 Å². The Morgan fingerprint density at radius 1 is 1.04 bits per heavy atom. The number of aromatic amines is 2. The van der Waals surface area contributed by atoms with Gasteiger partial charge in [0, 0.05) is 6.07 Å². The van der Waals surface area contributed by atoms with Crippen molar-refractivity contribution in [3.63, 3.8) is 0 Å². The van der Waals surface area contributed by atoms with Crippen molar-refractivity contribution in [2.45, 2.75) is 0 Å². The fourth-order valence-corrected chi connectivity index (χ4v) is 2.96. The monoisotopic (exact) mass is 389 g/mol. The standard InChI is InChI=1S/C16H11N5O3S.ClH/c25-16-20-19-15(11-7-10(17-18-11)12-2-1-5-22-12)21(16)9-3-4-13-14(6-9)24-8-23-13;/h1-7H,8H2,(H,17,18)(H,20,25);1H. The molecule has 0 unspecified atom stereocenters. The molecule has 0 atom stereocenters. The zero-order valence-electron chi connectivity index (χ0n) is 13.1. The van der Waals surface area contributed by atoms with Gasteiger partial charge in [0.2, 0.25) is 6.79 Å². The molecule has 0 saturated heterocycles. The van der Waals surface area contributed by atoms with Crippen LogP contribution in [0.1, 0.15) is 0 Å². The van der Waals surface area contributed by atoms with Gasteiger partial charge >= 0.3 is 0 Å². The second-order valence-corrected chi connectivity index (χ2v) is 5.76. The van der Waals surface area contributed by atoms with Crippen LogP contribution in [0.5, 0.6) is 11.5 Å². The van der Waals surface area contributed by atoms with Gasteiger partial charge in [-0.2, -0.15) is 10.2 Å². The summed E-state index contributed by atoms with van der Waals surface area (Å²) in [5.74, 6) is 2.66. The first kappa shape index (κ1) is 16.4. The lowest BCUT2D eigenvalue weighted by molar-refractivity contribution is 0.174. The number of ether oxygens (including phenoxy) is 2. The molecule has 10 heteroatoms. The minimum atomic E-state index is 0. The maximum atomic E-state index is 5.44. The minimum absolute atomic E-state index is 0. The molecule has 1 aliphatic heterocycles. The first-order valence-electron chi connectivity index (χ1n) is 7.47. The summed E-state index contributed by atoms with van der Waals surface area (Å²) in [5.41, 5.74) is 2.20. The SMILES string of the molecule is Cl.S=c1[nH]nc(-c2cc(-c3ccco3)[nH]n2)n1-c1ccc2c(c1)OCO2. The van der Waals surface area contributed by atoms with Crippen molar-refractivity contribution >= 4 is 24.6 Å². The van der Waals surface area contributed by atoms with Crippen molar-refractivity contribution < 1.29 is 13.9 Å². The van der Waals surface area contributed by atoms with Crippen LogP contribution in [0.15, 0.2) is 47.1 Å².